The molecule has 0 spiro atoms. The third-order valence-electron chi connectivity index (χ3n) is 4.32. The van der Waals surface area contributed by atoms with Crippen LogP contribution in [0.3, 0.4) is 0 Å². The van der Waals surface area contributed by atoms with Crippen molar-refractivity contribution in [3.63, 3.8) is 0 Å². The SMILES string of the molecule is COC1(C(O)c2cc3cc(C)ccc3o2)CCCC1. The van der Waals surface area contributed by atoms with E-state index in [9.17, 15) is 5.11 Å². The molecule has 3 heteroatoms. The van der Waals surface area contributed by atoms with E-state index in [2.05, 4.69) is 13.0 Å². The van der Waals surface area contributed by atoms with Gasteiger partial charge < -0.3 is 14.3 Å². The highest BCUT2D eigenvalue weighted by Gasteiger charge is 2.43. The average molecular weight is 260 g/mol. The Morgan fingerprint density at radius 3 is 2.68 bits per heavy atom. The molecule has 1 aromatic carbocycles. The topological polar surface area (TPSA) is 42.6 Å². The summed E-state index contributed by atoms with van der Waals surface area (Å²) < 4.78 is 11.4. The van der Waals surface area contributed by atoms with Crippen LogP contribution in [0.1, 0.15) is 43.1 Å². The fourth-order valence-corrected chi connectivity index (χ4v) is 3.14. The first-order valence-corrected chi connectivity index (χ1v) is 6.88. The molecule has 0 amide bonds. The second-order valence-electron chi connectivity index (χ2n) is 5.57. The largest absolute Gasteiger partial charge is 0.458 e. The van der Waals surface area contributed by atoms with E-state index in [1.807, 2.05) is 18.2 Å². The number of aliphatic hydroxyl groups is 1. The minimum absolute atomic E-state index is 0.469. The lowest BCUT2D eigenvalue weighted by molar-refractivity contribution is -0.107. The van der Waals surface area contributed by atoms with Gasteiger partial charge in [0.1, 0.15) is 23.0 Å². The van der Waals surface area contributed by atoms with E-state index in [4.69, 9.17) is 9.15 Å². The van der Waals surface area contributed by atoms with Crippen molar-refractivity contribution in [3.8, 4) is 0 Å². The Hall–Kier alpha value is -1.32. The maximum absolute atomic E-state index is 10.6. The Morgan fingerprint density at radius 1 is 1.26 bits per heavy atom. The normalized spacial score (nSPS) is 19.9. The van der Waals surface area contributed by atoms with E-state index < -0.39 is 11.7 Å². The summed E-state index contributed by atoms with van der Waals surface area (Å²) in [5.74, 6) is 0.615. The minimum atomic E-state index is -0.687. The summed E-state index contributed by atoms with van der Waals surface area (Å²) in [7, 11) is 1.68. The molecule has 1 aliphatic carbocycles. The van der Waals surface area contributed by atoms with Gasteiger partial charge in [-0.3, -0.25) is 0 Å². The maximum Gasteiger partial charge on any atom is 0.140 e. The molecule has 0 saturated heterocycles. The fraction of sp³-hybridized carbons (Fsp3) is 0.500. The van der Waals surface area contributed by atoms with Crippen LogP contribution in [0.25, 0.3) is 11.0 Å². The Bertz CT molecular complexity index is 579. The van der Waals surface area contributed by atoms with Crippen LogP contribution in [0.15, 0.2) is 28.7 Å². The van der Waals surface area contributed by atoms with Crippen LogP contribution >= 0.6 is 0 Å². The van der Waals surface area contributed by atoms with Crippen LogP contribution in [0.2, 0.25) is 0 Å². The lowest BCUT2D eigenvalue weighted by Crippen LogP contribution is -2.35. The number of hydrogen-bond acceptors (Lipinski definition) is 3. The standard InChI is InChI=1S/C16H20O3/c1-11-5-6-13-12(9-11)10-14(19-13)15(17)16(18-2)7-3-4-8-16/h5-6,9-10,15,17H,3-4,7-8H2,1-2H3. The average Bonchev–Trinajstić information content (AvgIpc) is 3.04. The number of fused-ring (bicyclic) bond motifs is 1. The van der Waals surface area contributed by atoms with E-state index >= 15 is 0 Å². The zero-order chi connectivity index (χ0) is 13.5. The van der Waals surface area contributed by atoms with Gasteiger partial charge in [-0.1, -0.05) is 24.5 Å². The summed E-state index contributed by atoms with van der Waals surface area (Å²) in [6.07, 6.45) is 3.29. The van der Waals surface area contributed by atoms with Crippen LogP contribution in [0.5, 0.6) is 0 Å². The quantitative estimate of drug-likeness (QED) is 0.914. The predicted molar refractivity (Wildman–Crippen MR) is 74.1 cm³/mol. The van der Waals surface area contributed by atoms with E-state index in [0.29, 0.717) is 5.76 Å². The lowest BCUT2D eigenvalue weighted by Gasteiger charge is -2.31. The molecule has 102 valence electrons. The van der Waals surface area contributed by atoms with Gasteiger partial charge in [-0.05, 0) is 38.0 Å². The summed E-state index contributed by atoms with van der Waals surface area (Å²) in [5.41, 5.74) is 1.55. The Kier molecular flexibility index (Phi) is 3.11. The van der Waals surface area contributed by atoms with E-state index in [-0.39, 0.29) is 0 Å². The van der Waals surface area contributed by atoms with Gasteiger partial charge in [0.2, 0.25) is 0 Å². The molecule has 1 atom stereocenters. The highest BCUT2D eigenvalue weighted by atomic mass is 16.5. The van der Waals surface area contributed by atoms with Gasteiger partial charge in [-0.25, -0.2) is 0 Å². The van der Waals surface area contributed by atoms with Gasteiger partial charge in [0.15, 0.2) is 0 Å². The van der Waals surface area contributed by atoms with Crippen molar-refractivity contribution in [2.75, 3.05) is 7.11 Å². The maximum atomic E-state index is 10.6. The van der Waals surface area contributed by atoms with Crippen molar-refractivity contribution in [2.24, 2.45) is 0 Å². The molecule has 0 radical (unpaired) electrons. The summed E-state index contributed by atoms with van der Waals surface area (Å²) in [6.45, 7) is 2.05. The second kappa shape index (κ2) is 4.66. The van der Waals surface area contributed by atoms with Crippen molar-refractivity contribution in [1.82, 2.24) is 0 Å². The molecule has 2 aromatic rings. The summed E-state index contributed by atoms with van der Waals surface area (Å²) in [4.78, 5) is 0. The molecule has 1 saturated carbocycles. The number of benzene rings is 1. The van der Waals surface area contributed by atoms with Crippen LogP contribution in [0.4, 0.5) is 0 Å². The first-order chi connectivity index (χ1) is 9.14. The first kappa shape index (κ1) is 12.7. The molecule has 0 bridgehead atoms. The highest BCUT2D eigenvalue weighted by Crippen LogP contribution is 2.43. The number of ether oxygens (including phenoxy) is 1. The predicted octanol–water partition coefficient (Wildman–Crippen LogP) is 3.73. The Balaban J connectivity index is 1.99. The molecular weight excluding hydrogens is 240 g/mol. The minimum Gasteiger partial charge on any atom is -0.458 e. The number of rotatable bonds is 3. The zero-order valence-electron chi connectivity index (χ0n) is 11.5. The number of aliphatic hydroxyl groups excluding tert-OH is 1. The lowest BCUT2D eigenvalue weighted by atomic mass is 9.92. The van der Waals surface area contributed by atoms with Crippen LogP contribution in [-0.2, 0) is 4.74 Å². The van der Waals surface area contributed by atoms with Gasteiger partial charge in [-0.15, -0.1) is 0 Å². The Labute approximate surface area is 113 Å². The fourth-order valence-electron chi connectivity index (χ4n) is 3.14. The van der Waals surface area contributed by atoms with Crippen LogP contribution < -0.4 is 0 Å². The Morgan fingerprint density at radius 2 is 2.00 bits per heavy atom. The number of furan rings is 1. The van der Waals surface area contributed by atoms with Crippen molar-refractivity contribution < 1.29 is 14.3 Å². The van der Waals surface area contributed by atoms with E-state index in [1.165, 1.54) is 5.56 Å². The monoisotopic (exact) mass is 260 g/mol. The van der Waals surface area contributed by atoms with Crippen molar-refractivity contribution >= 4 is 11.0 Å². The number of methoxy groups -OCH3 is 1. The summed E-state index contributed by atoms with van der Waals surface area (Å²) in [5, 5.41) is 11.7. The molecule has 1 aromatic heterocycles. The molecule has 3 rings (SSSR count). The van der Waals surface area contributed by atoms with Crippen molar-refractivity contribution in [2.45, 2.75) is 44.3 Å². The van der Waals surface area contributed by atoms with Crippen LogP contribution in [-0.4, -0.2) is 17.8 Å². The smallest absolute Gasteiger partial charge is 0.140 e. The zero-order valence-corrected chi connectivity index (χ0v) is 11.5. The second-order valence-corrected chi connectivity index (χ2v) is 5.57. The summed E-state index contributed by atoms with van der Waals surface area (Å²) in [6, 6.07) is 7.98. The van der Waals surface area contributed by atoms with Gasteiger partial charge >= 0.3 is 0 Å². The van der Waals surface area contributed by atoms with E-state index in [1.54, 1.807) is 7.11 Å². The molecule has 1 heterocycles. The van der Waals surface area contributed by atoms with Crippen LogP contribution in [0, 0.1) is 6.92 Å². The summed E-state index contributed by atoms with van der Waals surface area (Å²) >= 11 is 0. The number of hydrogen-bond donors (Lipinski definition) is 1. The third-order valence-corrected chi connectivity index (χ3v) is 4.32. The van der Waals surface area contributed by atoms with Gasteiger partial charge in [0, 0.05) is 12.5 Å². The van der Waals surface area contributed by atoms with Crippen molar-refractivity contribution in [1.29, 1.82) is 0 Å². The number of aryl methyl sites for hydroxylation is 1. The van der Waals surface area contributed by atoms with Gasteiger partial charge in [0.25, 0.3) is 0 Å². The van der Waals surface area contributed by atoms with E-state index in [0.717, 1.165) is 36.7 Å². The molecule has 1 fully saturated rings. The molecule has 0 aliphatic heterocycles. The first-order valence-electron chi connectivity index (χ1n) is 6.88. The molecule has 1 unspecified atom stereocenters. The molecule has 19 heavy (non-hydrogen) atoms. The molecule has 1 N–H and O–H groups in total. The molecule has 1 aliphatic rings. The molecule has 3 nitrogen and oxygen atoms in total. The third kappa shape index (κ3) is 2.07. The highest BCUT2D eigenvalue weighted by molar-refractivity contribution is 5.78. The molecular formula is C16H20O3. The van der Waals surface area contributed by atoms with Crippen molar-refractivity contribution in [3.05, 3.63) is 35.6 Å². The van der Waals surface area contributed by atoms with Gasteiger partial charge in [-0.2, -0.15) is 0 Å². The van der Waals surface area contributed by atoms with Gasteiger partial charge in [0.05, 0.1) is 0 Å².